The van der Waals surface area contributed by atoms with Crippen molar-refractivity contribution < 1.29 is 4.74 Å². The second-order valence-corrected chi connectivity index (χ2v) is 4.22. The number of methoxy groups -OCH3 is 1. The van der Waals surface area contributed by atoms with Gasteiger partial charge in [0.05, 0.1) is 19.5 Å². The van der Waals surface area contributed by atoms with Gasteiger partial charge in [0.2, 0.25) is 5.88 Å². The van der Waals surface area contributed by atoms with Crippen molar-refractivity contribution in [2.45, 2.75) is 26.3 Å². The summed E-state index contributed by atoms with van der Waals surface area (Å²) in [5.74, 6) is 1.80. The summed E-state index contributed by atoms with van der Waals surface area (Å²) in [5, 5.41) is 3.15. The zero-order chi connectivity index (χ0) is 12.0. The summed E-state index contributed by atoms with van der Waals surface area (Å²) in [6.07, 6.45) is 4.22. The Morgan fingerprint density at radius 2 is 2.19 bits per heavy atom. The summed E-state index contributed by atoms with van der Waals surface area (Å²) in [4.78, 5) is 8.19. The number of hydrogen-bond donors (Lipinski definition) is 2. The van der Waals surface area contributed by atoms with E-state index in [1.165, 1.54) is 0 Å². The Bertz CT molecular complexity index is 317. The Morgan fingerprint density at radius 3 is 2.81 bits per heavy atom. The van der Waals surface area contributed by atoms with Crippen LogP contribution in [-0.2, 0) is 0 Å². The van der Waals surface area contributed by atoms with Crippen molar-refractivity contribution in [2.24, 2.45) is 11.7 Å². The van der Waals surface area contributed by atoms with Crippen molar-refractivity contribution in [1.82, 2.24) is 9.97 Å². The molecule has 1 aromatic heterocycles. The second-order valence-electron chi connectivity index (χ2n) is 4.22. The molecule has 0 fully saturated rings. The predicted molar refractivity (Wildman–Crippen MR) is 64.5 cm³/mol. The van der Waals surface area contributed by atoms with E-state index in [0.717, 1.165) is 6.42 Å². The molecule has 0 aliphatic carbocycles. The van der Waals surface area contributed by atoms with Crippen LogP contribution < -0.4 is 15.8 Å². The van der Waals surface area contributed by atoms with Gasteiger partial charge in [0, 0.05) is 12.6 Å². The highest BCUT2D eigenvalue weighted by molar-refractivity contribution is 5.33. The Morgan fingerprint density at radius 1 is 1.44 bits per heavy atom. The van der Waals surface area contributed by atoms with Gasteiger partial charge in [-0.1, -0.05) is 13.8 Å². The predicted octanol–water partition coefficient (Wildman–Crippen LogP) is 1.27. The molecule has 1 aromatic rings. The molecule has 1 unspecified atom stereocenters. The molecule has 1 heterocycles. The molecule has 0 bridgehead atoms. The second kappa shape index (κ2) is 6.27. The van der Waals surface area contributed by atoms with Crippen molar-refractivity contribution >= 4 is 5.82 Å². The Hall–Kier alpha value is -1.36. The first-order valence-corrected chi connectivity index (χ1v) is 5.47. The molecule has 5 nitrogen and oxygen atoms in total. The molecule has 0 amide bonds. The maximum atomic E-state index is 5.95. The van der Waals surface area contributed by atoms with Crippen molar-refractivity contribution in [2.75, 3.05) is 19.0 Å². The normalized spacial score (nSPS) is 12.6. The maximum absolute atomic E-state index is 5.95. The first-order chi connectivity index (χ1) is 7.61. The number of hydrogen-bond acceptors (Lipinski definition) is 5. The van der Waals surface area contributed by atoms with E-state index in [0.29, 0.717) is 24.2 Å². The quantitative estimate of drug-likeness (QED) is 0.761. The van der Waals surface area contributed by atoms with Crippen molar-refractivity contribution in [3.63, 3.8) is 0 Å². The molecule has 0 spiro atoms. The molecule has 1 rings (SSSR count). The van der Waals surface area contributed by atoms with Crippen LogP contribution in [0.15, 0.2) is 12.4 Å². The van der Waals surface area contributed by atoms with Gasteiger partial charge in [0.15, 0.2) is 0 Å². The van der Waals surface area contributed by atoms with E-state index < -0.39 is 0 Å². The molecule has 0 saturated carbocycles. The minimum Gasteiger partial charge on any atom is -0.480 e. The van der Waals surface area contributed by atoms with Crippen LogP contribution in [0.2, 0.25) is 0 Å². The Labute approximate surface area is 96.4 Å². The van der Waals surface area contributed by atoms with Crippen LogP contribution in [0.3, 0.4) is 0 Å². The summed E-state index contributed by atoms with van der Waals surface area (Å²) in [7, 11) is 1.57. The fourth-order valence-corrected chi connectivity index (χ4v) is 1.46. The van der Waals surface area contributed by atoms with E-state index >= 15 is 0 Å². The van der Waals surface area contributed by atoms with Gasteiger partial charge >= 0.3 is 0 Å². The zero-order valence-electron chi connectivity index (χ0n) is 10.1. The lowest BCUT2D eigenvalue weighted by molar-refractivity contribution is 0.396. The monoisotopic (exact) mass is 224 g/mol. The van der Waals surface area contributed by atoms with E-state index in [1.807, 2.05) is 0 Å². The smallest absolute Gasteiger partial charge is 0.233 e. The molecular weight excluding hydrogens is 204 g/mol. The number of nitrogens with two attached hydrogens (primary N) is 1. The van der Waals surface area contributed by atoms with Gasteiger partial charge < -0.3 is 15.8 Å². The van der Waals surface area contributed by atoms with Gasteiger partial charge in [-0.3, -0.25) is 4.98 Å². The van der Waals surface area contributed by atoms with Gasteiger partial charge in [0.25, 0.3) is 0 Å². The molecule has 0 saturated heterocycles. The maximum Gasteiger partial charge on any atom is 0.233 e. The number of nitrogens with zero attached hydrogens (tertiary/aromatic N) is 2. The first-order valence-electron chi connectivity index (χ1n) is 5.47. The first kappa shape index (κ1) is 12.7. The molecule has 1 atom stereocenters. The van der Waals surface area contributed by atoms with Crippen LogP contribution in [0, 0.1) is 5.92 Å². The van der Waals surface area contributed by atoms with Gasteiger partial charge in [-0.2, -0.15) is 4.98 Å². The molecular formula is C11H20N4O. The van der Waals surface area contributed by atoms with Gasteiger partial charge in [-0.15, -0.1) is 0 Å². The van der Waals surface area contributed by atoms with E-state index in [9.17, 15) is 0 Å². The number of nitrogens with one attached hydrogen (secondary N) is 1. The lowest BCUT2D eigenvalue weighted by atomic mass is 10.0. The van der Waals surface area contributed by atoms with Gasteiger partial charge in [-0.05, 0) is 12.3 Å². The van der Waals surface area contributed by atoms with E-state index in [4.69, 9.17) is 10.5 Å². The Balaban J connectivity index is 2.41. The third kappa shape index (κ3) is 4.44. The van der Waals surface area contributed by atoms with Crippen LogP contribution >= 0.6 is 0 Å². The van der Waals surface area contributed by atoms with Crippen LogP contribution in [0.5, 0.6) is 5.88 Å². The van der Waals surface area contributed by atoms with Crippen LogP contribution in [0.1, 0.15) is 20.3 Å². The number of anilines is 1. The fourth-order valence-electron chi connectivity index (χ4n) is 1.46. The highest BCUT2D eigenvalue weighted by atomic mass is 16.5. The van der Waals surface area contributed by atoms with Crippen LogP contribution in [0.4, 0.5) is 5.82 Å². The SMILES string of the molecule is COc1cncc(NCC(N)CC(C)C)n1. The lowest BCUT2D eigenvalue weighted by Crippen LogP contribution is -2.30. The molecule has 16 heavy (non-hydrogen) atoms. The lowest BCUT2D eigenvalue weighted by Gasteiger charge is -2.15. The average Bonchev–Trinajstić information content (AvgIpc) is 2.26. The molecule has 0 radical (unpaired) electrons. The molecule has 90 valence electrons. The van der Waals surface area contributed by atoms with Crippen molar-refractivity contribution in [3.05, 3.63) is 12.4 Å². The molecule has 0 aliphatic heterocycles. The van der Waals surface area contributed by atoms with Crippen LogP contribution in [-0.4, -0.2) is 29.7 Å². The molecule has 3 N–H and O–H groups in total. The van der Waals surface area contributed by atoms with Gasteiger partial charge in [-0.25, -0.2) is 0 Å². The van der Waals surface area contributed by atoms with Crippen molar-refractivity contribution in [3.8, 4) is 5.88 Å². The summed E-state index contributed by atoms with van der Waals surface area (Å²) >= 11 is 0. The molecule has 5 heteroatoms. The Kier molecular flexibility index (Phi) is 4.98. The summed E-state index contributed by atoms with van der Waals surface area (Å²) in [6, 6.07) is 0.132. The highest BCUT2D eigenvalue weighted by Crippen LogP contribution is 2.09. The van der Waals surface area contributed by atoms with Crippen LogP contribution in [0.25, 0.3) is 0 Å². The van der Waals surface area contributed by atoms with Gasteiger partial charge in [0.1, 0.15) is 5.82 Å². The van der Waals surface area contributed by atoms with E-state index in [-0.39, 0.29) is 6.04 Å². The topological polar surface area (TPSA) is 73.1 Å². The highest BCUT2D eigenvalue weighted by Gasteiger charge is 2.06. The largest absolute Gasteiger partial charge is 0.480 e. The summed E-state index contributed by atoms with van der Waals surface area (Å²) in [6.45, 7) is 5.01. The minimum atomic E-state index is 0.132. The van der Waals surface area contributed by atoms with Crippen molar-refractivity contribution in [1.29, 1.82) is 0 Å². The summed E-state index contributed by atoms with van der Waals surface area (Å²) in [5.41, 5.74) is 5.95. The van der Waals surface area contributed by atoms with E-state index in [2.05, 4.69) is 29.1 Å². The number of rotatable bonds is 6. The third-order valence-corrected chi connectivity index (χ3v) is 2.14. The van der Waals surface area contributed by atoms with E-state index in [1.54, 1.807) is 19.5 Å². The molecule has 0 aromatic carbocycles. The number of ether oxygens (including phenoxy) is 1. The summed E-state index contributed by atoms with van der Waals surface area (Å²) < 4.78 is 4.98. The fraction of sp³-hybridized carbons (Fsp3) is 0.636. The zero-order valence-corrected chi connectivity index (χ0v) is 10.1. The third-order valence-electron chi connectivity index (χ3n) is 2.14. The molecule has 0 aliphatic rings. The number of aromatic nitrogens is 2. The average molecular weight is 224 g/mol. The minimum absolute atomic E-state index is 0.132. The standard InChI is InChI=1S/C11H20N4O/c1-8(2)4-9(12)5-14-10-6-13-7-11(15-10)16-3/h6-9H,4-5,12H2,1-3H3,(H,14,15).